The fourth-order valence-electron chi connectivity index (χ4n) is 1.77. The molecule has 84 valence electrons. The van der Waals surface area contributed by atoms with Gasteiger partial charge in [0.25, 0.3) is 5.91 Å². The van der Waals surface area contributed by atoms with Gasteiger partial charge in [-0.05, 0) is 30.5 Å². The van der Waals surface area contributed by atoms with Crippen LogP contribution in [0, 0.1) is 13.8 Å². The predicted octanol–water partition coefficient (Wildman–Crippen LogP) is 1.05. The van der Waals surface area contributed by atoms with Gasteiger partial charge in [-0.2, -0.15) is 0 Å². The summed E-state index contributed by atoms with van der Waals surface area (Å²) in [7, 11) is 0. The highest BCUT2D eigenvalue weighted by molar-refractivity contribution is 6.04. The first-order valence-electron chi connectivity index (χ1n) is 5.24. The third-order valence-corrected chi connectivity index (χ3v) is 2.87. The van der Waals surface area contributed by atoms with Gasteiger partial charge in [0.05, 0.1) is 0 Å². The number of imide groups is 1. The molecule has 2 N–H and O–H groups in total. The molecule has 1 saturated heterocycles. The first kappa shape index (κ1) is 10.7. The average molecular weight is 218 g/mol. The van der Waals surface area contributed by atoms with Crippen molar-refractivity contribution in [2.24, 2.45) is 0 Å². The Morgan fingerprint density at radius 1 is 1.19 bits per heavy atom. The molecule has 0 aromatic heterocycles. The molecule has 0 radical (unpaired) electrons. The SMILES string of the molecule is Cc1ccc(CC2NC(=O)NC2=O)cc1C. The summed E-state index contributed by atoms with van der Waals surface area (Å²) in [6.45, 7) is 4.08. The van der Waals surface area contributed by atoms with Gasteiger partial charge in [-0.15, -0.1) is 0 Å². The monoisotopic (exact) mass is 218 g/mol. The van der Waals surface area contributed by atoms with E-state index in [-0.39, 0.29) is 5.91 Å². The van der Waals surface area contributed by atoms with Crippen molar-refractivity contribution in [3.05, 3.63) is 34.9 Å². The molecule has 4 heteroatoms. The van der Waals surface area contributed by atoms with Gasteiger partial charge >= 0.3 is 6.03 Å². The molecule has 0 spiro atoms. The minimum absolute atomic E-state index is 0.247. The van der Waals surface area contributed by atoms with E-state index >= 15 is 0 Å². The summed E-state index contributed by atoms with van der Waals surface area (Å²) >= 11 is 0. The Bertz CT molecular complexity index is 454. The van der Waals surface area contributed by atoms with Gasteiger partial charge in [0.15, 0.2) is 0 Å². The minimum Gasteiger partial charge on any atom is -0.326 e. The molecular weight excluding hydrogens is 204 g/mol. The van der Waals surface area contributed by atoms with Gasteiger partial charge in [-0.25, -0.2) is 4.79 Å². The Balaban J connectivity index is 2.12. The van der Waals surface area contributed by atoms with Gasteiger partial charge in [0.2, 0.25) is 0 Å². The zero-order valence-electron chi connectivity index (χ0n) is 9.33. The smallest absolute Gasteiger partial charge is 0.322 e. The molecule has 1 aliphatic heterocycles. The van der Waals surface area contributed by atoms with Crippen LogP contribution in [0.5, 0.6) is 0 Å². The van der Waals surface area contributed by atoms with Crippen molar-refractivity contribution in [1.82, 2.24) is 10.6 Å². The molecule has 3 amide bonds. The Kier molecular flexibility index (Phi) is 2.64. The molecule has 1 unspecified atom stereocenters. The maximum Gasteiger partial charge on any atom is 0.322 e. The van der Waals surface area contributed by atoms with Crippen LogP contribution in [0.4, 0.5) is 4.79 Å². The van der Waals surface area contributed by atoms with Crippen molar-refractivity contribution < 1.29 is 9.59 Å². The Labute approximate surface area is 94.0 Å². The quantitative estimate of drug-likeness (QED) is 0.729. The lowest BCUT2D eigenvalue weighted by Gasteiger charge is -2.09. The zero-order valence-corrected chi connectivity index (χ0v) is 9.33. The minimum atomic E-state index is -0.436. The van der Waals surface area contributed by atoms with Gasteiger partial charge < -0.3 is 5.32 Å². The summed E-state index contributed by atoms with van der Waals surface area (Å²) in [5.74, 6) is -0.247. The van der Waals surface area contributed by atoms with Crippen LogP contribution in [-0.4, -0.2) is 18.0 Å². The number of carbonyl (C=O) groups is 2. The third-order valence-electron chi connectivity index (χ3n) is 2.87. The second-order valence-electron chi connectivity index (χ2n) is 4.14. The van der Waals surface area contributed by atoms with Crippen molar-refractivity contribution in [3.63, 3.8) is 0 Å². The van der Waals surface area contributed by atoms with Crippen LogP contribution in [0.15, 0.2) is 18.2 Å². The van der Waals surface area contributed by atoms with Crippen LogP contribution in [0.25, 0.3) is 0 Å². The molecule has 1 fully saturated rings. The molecule has 16 heavy (non-hydrogen) atoms. The number of hydrogen-bond acceptors (Lipinski definition) is 2. The van der Waals surface area contributed by atoms with E-state index in [9.17, 15) is 9.59 Å². The molecular formula is C12H14N2O2. The maximum atomic E-state index is 11.3. The van der Waals surface area contributed by atoms with Gasteiger partial charge in [0.1, 0.15) is 6.04 Å². The second kappa shape index (κ2) is 3.96. The molecule has 0 saturated carbocycles. The molecule has 0 bridgehead atoms. The van der Waals surface area contributed by atoms with Crippen LogP contribution < -0.4 is 10.6 Å². The first-order valence-corrected chi connectivity index (χ1v) is 5.24. The predicted molar refractivity (Wildman–Crippen MR) is 60.1 cm³/mol. The normalized spacial score (nSPS) is 19.5. The zero-order chi connectivity index (χ0) is 11.7. The number of rotatable bonds is 2. The number of urea groups is 1. The molecule has 4 nitrogen and oxygen atoms in total. The van der Waals surface area contributed by atoms with Gasteiger partial charge in [0, 0.05) is 6.42 Å². The Morgan fingerprint density at radius 3 is 2.50 bits per heavy atom. The van der Waals surface area contributed by atoms with Gasteiger partial charge in [-0.3, -0.25) is 10.1 Å². The fourth-order valence-corrected chi connectivity index (χ4v) is 1.77. The summed E-state index contributed by atoms with van der Waals surface area (Å²) in [5.41, 5.74) is 3.48. The molecule has 1 aromatic rings. The van der Waals surface area contributed by atoms with E-state index < -0.39 is 12.1 Å². The van der Waals surface area contributed by atoms with E-state index in [0.29, 0.717) is 6.42 Å². The molecule has 1 heterocycles. The summed E-state index contributed by atoms with van der Waals surface area (Å²) in [6.07, 6.45) is 0.540. The molecule has 1 atom stereocenters. The van der Waals surface area contributed by atoms with Crippen molar-refractivity contribution in [1.29, 1.82) is 0 Å². The highest BCUT2D eigenvalue weighted by Crippen LogP contribution is 2.12. The summed E-state index contributed by atoms with van der Waals surface area (Å²) in [4.78, 5) is 22.3. The van der Waals surface area contributed by atoms with Crippen LogP contribution in [0.1, 0.15) is 16.7 Å². The number of aryl methyl sites for hydroxylation is 2. The van der Waals surface area contributed by atoms with Crippen molar-refractivity contribution in [2.75, 3.05) is 0 Å². The topological polar surface area (TPSA) is 58.2 Å². The van der Waals surface area contributed by atoms with E-state index in [4.69, 9.17) is 0 Å². The Morgan fingerprint density at radius 2 is 1.94 bits per heavy atom. The van der Waals surface area contributed by atoms with Crippen LogP contribution in [0.3, 0.4) is 0 Å². The van der Waals surface area contributed by atoms with Gasteiger partial charge in [-0.1, -0.05) is 18.2 Å². The van der Waals surface area contributed by atoms with E-state index in [1.54, 1.807) is 0 Å². The maximum absolute atomic E-state index is 11.3. The average Bonchev–Trinajstić information content (AvgIpc) is 2.51. The summed E-state index contributed by atoms with van der Waals surface area (Å²) < 4.78 is 0. The van der Waals surface area contributed by atoms with E-state index in [1.807, 2.05) is 32.0 Å². The van der Waals surface area contributed by atoms with Crippen molar-refractivity contribution in [3.8, 4) is 0 Å². The van der Waals surface area contributed by atoms with Crippen LogP contribution in [-0.2, 0) is 11.2 Å². The van der Waals surface area contributed by atoms with Crippen LogP contribution >= 0.6 is 0 Å². The summed E-state index contributed by atoms with van der Waals surface area (Å²) in [5, 5.41) is 4.81. The van der Waals surface area contributed by atoms with E-state index in [2.05, 4.69) is 10.6 Å². The molecule has 1 aliphatic rings. The largest absolute Gasteiger partial charge is 0.326 e. The van der Waals surface area contributed by atoms with Crippen molar-refractivity contribution in [2.45, 2.75) is 26.3 Å². The lowest BCUT2D eigenvalue weighted by Crippen LogP contribution is -2.31. The second-order valence-corrected chi connectivity index (χ2v) is 4.14. The highest BCUT2D eigenvalue weighted by atomic mass is 16.2. The number of nitrogens with one attached hydrogen (secondary N) is 2. The lowest BCUT2D eigenvalue weighted by atomic mass is 10.0. The standard InChI is InChI=1S/C12H14N2O2/c1-7-3-4-9(5-8(7)2)6-10-11(15)14-12(16)13-10/h3-5,10H,6H2,1-2H3,(H2,13,14,15,16). The highest BCUT2D eigenvalue weighted by Gasteiger charge is 2.29. The fraction of sp³-hybridized carbons (Fsp3) is 0.333. The molecule has 1 aromatic carbocycles. The Hall–Kier alpha value is -1.84. The number of carbonyl (C=O) groups excluding carboxylic acids is 2. The van der Waals surface area contributed by atoms with Crippen LogP contribution in [0.2, 0.25) is 0 Å². The third kappa shape index (κ3) is 2.05. The van der Waals surface area contributed by atoms with Crippen molar-refractivity contribution >= 4 is 11.9 Å². The van der Waals surface area contributed by atoms with E-state index in [0.717, 1.165) is 5.56 Å². The molecule has 0 aliphatic carbocycles. The van der Waals surface area contributed by atoms with E-state index in [1.165, 1.54) is 11.1 Å². The summed E-state index contributed by atoms with van der Waals surface area (Å²) in [6, 6.07) is 5.22. The number of benzene rings is 1. The number of amides is 3. The lowest BCUT2D eigenvalue weighted by molar-refractivity contribution is -0.120. The first-order chi connectivity index (χ1) is 7.56. The molecule has 2 rings (SSSR count). The number of hydrogen-bond donors (Lipinski definition) is 2.